The number of aromatic nitrogens is 1. The summed E-state index contributed by atoms with van der Waals surface area (Å²) in [5.41, 5.74) is 6.88. The first-order valence-corrected chi connectivity index (χ1v) is 6.33. The molecule has 110 valence electrons. The monoisotopic (exact) mass is 288 g/mol. The number of nitrogens with two attached hydrogens (primary N) is 1. The van der Waals surface area contributed by atoms with Gasteiger partial charge in [0.2, 0.25) is 11.8 Å². The summed E-state index contributed by atoms with van der Waals surface area (Å²) in [5, 5.41) is 14.2. The minimum atomic E-state index is -0.137. The van der Waals surface area contributed by atoms with Crippen LogP contribution in [-0.2, 0) is 17.8 Å². The van der Waals surface area contributed by atoms with Crippen LogP contribution in [0.3, 0.4) is 0 Å². The zero-order chi connectivity index (χ0) is 15.2. The third kappa shape index (κ3) is 4.07. The molecule has 0 fully saturated rings. The standard InChI is InChI=1S/C14H16N4O3/c1-9-7-17-13(21-9)8-16-12(19)6-10-2-4-11(5-3-10)14(15)18-20/h2-5,7,20H,6,8H2,1H3,(H2,15,18)(H,16,19). The van der Waals surface area contributed by atoms with E-state index in [9.17, 15) is 4.79 Å². The number of rotatable bonds is 5. The highest BCUT2D eigenvalue weighted by Gasteiger charge is 2.07. The molecule has 0 spiro atoms. The summed E-state index contributed by atoms with van der Waals surface area (Å²) in [5.74, 6) is 1.08. The number of amidine groups is 1. The number of hydrogen-bond acceptors (Lipinski definition) is 5. The highest BCUT2D eigenvalue weighted by molar-refractivity contribution is 5.97. The summed E-state index contributed by atoms with van der Waals surface area (Å²) in [6.45, 7) is 2.05. The second kappa shape index (κ2) is 6.56. The van der Waals surface area contributed by atoms with Crippen LogP contribution in [0.5, 0.6) is 0 Å². The molecule has 7 heteroatoms. The number of aryl methyl sites for hydroxylation is 1. The number of amides is 1. The number of nitrogens with zero attached hydrogens (tertiary/aromatic N) is 2. The quantitative estimate of drug-likeness (QED) is 0.328. The number of benzene rings is 1. The van der Waals surface area contributed by atoms with Crippen molar-refractivity contribution in [2.24, 2.45) is 10.9 Å². The SMILES string of the molecule is Cc1cnc(CNC(=O)Cc2ccc(/C(N)=N/O)cc2)o1. The predicted molar refractivity (Wildman–Crippen MR) is 75.7 cm³/mol. The van der Waals surface area contributed by atoms with Gasteiger partial charge < -0.3 is 20.7 Å². The van der Waals surface area contributed by atoms with Gasteiger partial charge in [0.05, 0.1) is 19.2 Å². The lowest BCUT2D eigenvalue weighted by atomic mass is 10.1. The third-order valence-electron chi connectivity index (χ3n) is 2.83. The average molecular weight is 288 g/mol. The van der Waals surface area contributed by atoms with Crippen LogP contribution >= 0.6 is 0 Å². The molecule has 4 N–H and O–H groups in total. The van der Waals surface area contributed by atoms with Crippen molar-refractivity contribution in [2.75, 3.05) is 0 Å². The van der Waals surface area contributed by atoms with E-state index in [4.69, 9.17) is 15.4 Å². The lowest BCUT2D eigenvalue weighted by Gasteiger charge is -2.04. The van der Waals surface area contributed by atoms with Crippen molar-refractivity contribution in [3.63, 3.8) is 0 Å². The number of hydrogen-bond donors (Lipinski definition) is 3. The number of oxazole rings is 1. The maximum Gasteiger partial charge on any atom is 0.224 e. The maximum atomic E-state index is 11.8. The molecule has 7 nitrogen and oxygen atoms in total. The topological polar surface area (TPSA) is 114 Å². The number of carbonyl (C=O) groups is 1. The van der Waals surface area contributed by atoms with E-state index in [0.717, 1.165) is 5.56 Å². The number of nitrogens with one attached hydrogen (secondary N) is 1. The molecule has 0 aliphatic carbocycles. The molecule has 0 radical (unpaired) electrons. The van der Waals surface area contributed by atoms with E-state index in [1.54, 1.807) is 37.4 Å². The van der Waals surface area contributed by atoms with Gasteiger partial charge in [-0.1, -0.05) is 29.4 Å². The molecule has 1 amide bonds. The van der Waals surface area contributed by atoms with Gasteiger partial charge >= 0.3 is 0 Å². The first-order valence-electron chi connectivity index (χ1n) is 6.33. The second-order valence-corrected chi connectivity index (χ2v) is 4.50. The third-order valence-corrected chi connectivity index (χ3v) is 2.83. The van der Waals surface area contributed by atoms with E-state index in [0.29, 0.717) is 17.2 Å². The van der Waals surface area contributed by atoms with E-state index in [2.05, 4.69) is 15.5 Å². The van der Waals surface area contributed by atoms with Crippen LogP contribution in [0.25, 0.3) is 0 Å². The van der Waals surface area contributed by atoms with Crippen molar-refractivity contribution in [2.45, 2.75) is 19.9 Å². The summed E-state index contributed by atoms with van der Waals surface area (Å²) in [7, 11) is 0. The zero-order valence-corrected chi connectivity index (χ0v) is 11.5. The minimum absolute atomic E-state index is 0.0327. The van der Waals surface area contributed by atoms with Crippen molar-refractivity contribution in [3.05, 3.63) is 53.2 Å². The lowest BCUT2D eigenvalue weighted by molar-refractivity contribution is -0.120. The average Bonchev–Trinajstić information content (AvgIpc) is 2.91. The number of carbonyl (C=O) groups excluding carboxylic acids is 1. The summed E-state index contributed by atoms with van der Waals surface area (Å²) >= 11 is 0. The van der Waals surface area contributed by atoms with Crippen LogP contribution in [-0.4, -0.2) is 21.9 Å². The fraction of sp³-hybridized carbons (Fsp3) is 0.214. The van der Waals surface area contributed by atoms with Crippen LogP contribution < -0.4 is 11.1 Å². The summed E-state index contributed by atoms with van der Waals surface area (Å²) < 4.78 is 5.26. The van der Waals surface area contributed by atoms with Gasteiger partial charge in [-0.25, -0.2) is 4.98 Å². The Balaban J connectivity index is 1.87. The van der Waals surface area contributed by atoms with E-state index in [1.807, 2.05) is 0 Å². The molecule has 1 aromatic carbocycles. The Morgan fingerprint density at radius 1 is 1.43 bits per heavy atom. The summed E-state index contributed by atoms with van der Waals surface area (Å²) in [6, 6.07) is 6.88. The molecule has 0 saturated carbocycles. The highest BCUT2D eigenvalue weighted by Crippen LogP contribution is 2.06. The Morgan fingerprint density at radius 3 is 2.71 bits per heavy atom. The van der Waals surface area contributed by atoms with Crippen LogP contribution in [0, 0.1) is 6.92 Å². The molecule has 1 aromatic heterocycles. The van der Waals surface area contributed by atoms with E-state index < -0.39 is 0 Å². The van der Waals surface area contributed by atoms with Gasteiger partial charge in [-0.2, -0.15) is 0 Å². The molecule has 0 unspecified atom stereocenters. The van der Waals surface area contributed by atoms with Crippen LogP contribution in [0.2, 0.25) is 0 Å². The van der Waals surface area contributed by atoms with Gasteiger partial charge in [0, 0.05) is 5.56 Å². The van der Waals surface area contributed by atoms with Crippen LogP contribution in [0.15, 0.2) is 40.0 Å². The molecule has 0 atom stereocenters. The Labute approximate surface area is 121 Å². The van der Waals surface area contributed by atoms with Crippen molar-refractivity contribution < 1.29 is 14.4 Å². The van der Waals surface area contributed by atoms with Crippen molar-refractivity contribution in [1.82, 2.24) is 10.3 Å². The maximum absolute atomic E-state index is 11.8. The predicted octanol–water partition coefficient (Wildman–Crippen LogP) is 0.936. The van der Waals surface area contributed by atoms with E-state index in [1.165, 1.54) is 0 Å². The Morgan fingerprint density at radius 2 is 2.14 bits per heavy atom. The Bertz CT molecular complexity index is 646. The summed E-state index contributed by atoms with van der Waals surface area (Å²) in [4.78, 5) is 15.8. The van der Waals surface area contributed by atoms with Gasteiger partial charge in [-0.3, -0.25) is 4.79 Å². The van der Waals surface area contributed by atoms with Crippen molar-refractivity contribution >= 4 is 11.7 Å². The fourth-order valence-electron chi connectivity index (χ4n) is 1.76. The highest BCUT2D eigenvalue weighted by atomic mass is 16.4. The van der Waals surface area contributed by atoms with E-state index in [-0.39, 0.29) is 24.7 Å². The number of oxime groups is 1. The van der Waals surface area contributed by atoms with Gasteiger partial charge in [0.15, 0.2) is 5.84 Å². The van der Waals surface area contributed by atoms with Crippen LogP contribution in [0.1, 0.15) is 22.8 Å². The lowest BCUT2D eigenvalue weighted by Crippen LogP contribution is -2.24. The van der Waals surface area contributed by atoms with Gasteiger partial charge in [-0.05, 0) is 12.5 Å². The Kier molecular flexibility index (Phi) is 4.55. The van der Waals surface area contributed by atoms with Crippen molar-refractivity contribution in [1.29, 1.82) is 0 Å². The summed E-state index contributed by atoms with van der Waals surface area (Å²) in [6.07, 6.45) is 1.84. The van der Waals surface area contributed by atoms with Gasteiger partial charge in [-0.15, -0.1) is 0 Å². The van der Waals surface area contributed by atoms with Gasteiger partial charge in [0.1, 0.15) is 5.76 Å². The minimum Gasteiger partial charge on any atom is -0.444 e. The molecule has 21 heavy (non-hydrogen) atoms. The molecular formula is C14H16N4O3. The van der Waals surface area contributed by atoms with Crippen molar-refractivity contribution in [3.8, 4) is 0 Å². The molecular weight excluding hydrogens is 272 g/mol. The molecule has 0 aliphatic rings. The molecule has 2 aromatic rings. The smallest absolute Gasteiger partial charge is 0.224 e. The molecule has 0 aliphatic heterocycles. The molecule has 1 heterocycles. The normalized spacial score (nSPS) is 11.4. The zero-order valence-electron chi connectivity index (χ0n) is 11.5. The Hall–Kier alpha value is -2.83. The fourth-order valence-corrected chi connectivity index (χ4v) is 1.76. The van der Waals surface area contributed by atoms with Gasteiger partial charge in [0.25, 0.3) is 0 Å². The van der Waals surface area contributed by atoms with Crippen LogP contribution in [0.4, 0.5) is 0 Å². The van der Waals surface area contributed by atoms with E-state index >= 15 is 0 Å². The first-order chi connectivity index (χ1) is 10.1. The molecule has 2 rings (SSSR count). The largest absolute Gasteiger partial charge is 0.444 e. The molecule has 0 saturated heterocycles. The molecule has 0 bridgehead atoms. The first kappa shape index (κ1) is 14.6. The second-order valence-electron chi connectivity index (χ2n) is 4.50.